The standard InChI is InChI=1S/C11H23NO2S/c1-4-15(13)6-5-12-11-7-9(2)14-10(3)8-11/h9-12H,4-8H2,1-3H3. The van der Waals surface area contributed by atoms with Gasteiger partial charge in [-0.05, 0) is 26.7 Å². The van der Waals surface area contributed by atoms with Crippen LogP contribution in [0.5, 0.6) is 0 Å². The minimum atomic E-state index is -0.643. The predicted molar refractivity (Wildman–Crippen MR) is 64.6 cm³/mol. The Kier molecular flexibility index (Phi) is 5.79. The van der Waals surface area contributed by atoms with Crippen LogP contribution in [0.4, 0.5) is 0 Å². The molecule has 0 saturated carbocycles. The number of hydrogen-bond donors (Lipinski definition) is 1. The Balaban J connectivity index is 2.17. The van der Waals surface area contributed by atoms with Crippen molar-refractivity contribution in [3.8, 4) is 0 Å². The average molecular weight is 233 g/mol. The smallest absolute Gasteiger partial charge is 0.0565 e. The van der Waals surface area contributed by atoms with Gasteiger partial charge in [0.1, 0.15) is 0 Å². The minimum Gasteiger partial charge on any atom is -0.375 e. The van der Waals surface area contributed by atoms with Crippen LogP contribution in [0.1, 0.15) is 33.6 Å². The van der Waals surface area contributed by atoms with Gasteiger partial charge >= 0.3 is 0 Å². The van der Waals surface area contributed by atoms with Gasteiger partial charge in [0, 0.05) is 34.9 Å². The molecule has 0 spiro atoms. The molecule has 0 amide bonds. The molecule has 1 aliphatic rings. The van der Waals surface area contributed by atoms with E-state index in [2.05, 4.69) is 19.2 Å². The second-order valence-electron chi connectivity index (χ2n) is 4.31. The van der Waals surface area contributed by atoms with Crippen molar-refractivity contribution in [1.29, 1.82) is 0 Å². The molecule has 1 rings (SSSR count). The van der Waals surface area contributed by atoms with Crippen LogP contribution in [-0.4, -0.2) is 40.5 Å². The zero-order valence-corrected chi connectivity index (χ0v) is 10.8. The lowest BCUT2D eigenvalue weighted by Crippen LogP contribution is -2.42. The van der Waals surface area contributed by atoms with Crippen LogP contribution in [0.3, 0.4) is 0 Å². The largest absolute Gasteiger partial charge is 0.375 e. The summed E-state index contributed by atoms with van der Waals surface area (Å²) in [4.78, 5) is 0. The van der Waals surface area contributed by atoms with E-state index >= 15 is 0 Å². The molecule has 3 unspecified atom stereocenters. The Morgan fingerprint density at radius 2 is 1.93 bits per heavy atom. The molecule has 15 heavy (non-hydrogen) atoms. The van der Waals surface area contributed by atoms with Crippen molar-refractivity contribution >= 4 is 10.8 Å². The summed E-state index contributed by atoms with van der Waals surface area (Å²) in [5, 5.41) is 3.47. The SMILES string of the molecule is CCS(=O)CCNC1CC(C)OC(C)C1. The summed E-state index contributed by atoms with van der Waals surface area (Å²) in [6.07, 6.45) is 2.84. The predicted octanol–water partition coefficient (Wildman–Crippen LogP) is 1.30. The Morgan fingerprint density at radius 1 is 1.33 bits per heavy atom. The van der Waals surface area contributed by atoms with E-state index in [1.54, 1.807) is 0 Å². The molecular formula is C11H23NO2S. The molecular weight excluding hydrogens is 210 g/mol. The van der Waals surface area contributed by atoms with Gasteiger partial charge in [0.05, 0.1) is 12.2 Å². The quantitative estimate of drug-likeness (QED) is 0.778. The first-order valence-electron chi connectivity index (χ1n) is 5.85. The Labute approximate surface area is 95.4 Å². The number of nitrogens with one attached hydrogen (secondary N) is 1. The lowest BCUT2D eigenvalue weighted by atomic mass is 10.00. The van der Waals surface area contributed by atoms with Crippen molar-refractivity contribution in [3.63, 3.8) is 0 Å². The van der Waals surface area contributed by atoms with Crippen LogP contribution in [0.2, 0.25) is 0 Å². The first-order chi connectivity index (χ1) is 7.11. The maximum Gasteiger partial charge on any atom is 0.0565 e. The average Bonchev–Trinajstić information content (AvgIpc) is 2.16. The highest BCUT2D eigenvalue weighted by Gasteiger charge is 2.23. The number of ether oxygens (including phenoxy) is 1. The summed E-state index contributed by atoms with van der Waals surface area (Å²) >= 11 is 0. The van der Waals surface area contributed by atoms with Gasteiger partial charge in [-0.15, -0.1) is 0 Å². The van der Waals surface area contributed by atoms with E-state index in [1.807, 2.05) is 6.92 Å². The number of rotatable bonds is 5. The van der Waals surface area contributed by atoms with E-state index in [9.17, 15) is 4.21 Å². The van der Waals surface area contributed by atoms with Gasteiger partial charge in [0.2, 0.25) is 0 Å². The molecule has 1 heterocycles. The summed E-state index contributed by atoms with van der Waals surface area (Å²) in [7, 11) is -0.643. The summed E-state index contributed by atoms with van der Waals surface area (Å²) < 4.78 is 16.9. The Hall–Kier alpha value is 0.0700. The molecule has 0 aromatic carbocycles. The normalized spacial score (nSPS) is 33.9. The van der Waals surface area contributed by atoms with Crippen molar-refractivity contribution < 1.29 is 8.95 Å². The van der Waals surface area contributed by atoms with Crippen LogP contribution >= 0.6 is 0 Å². The van der Waals surface area contributed by atoms with Gasteiger partial charge in [0.15, 0.2) is 0 Å². The molecule has 0 bridgehead atoms. The van der Waals surface area contributed by atoms with E-state index in [4.69, 9.17) is 4.74 Å². The highest BCUT2D eigenvalue weighted by atomic mass is 32.2. The molecule has 1 aliphatic heterocycles. The Morgan fingerprint density at radius 3 is 2.47 bits per heavy atom. The molecule has 0 aromatic rings. The van der Waals surface area contributed by atoms with Crippen LogP contribution in [0, 0.1) is 0 Å². The molecule has 3 nitrogen and oxygen atoms in total. The van der Waals surface area contributed by atoms with Crippen molar-refractivity contribution in [2.45, 2.75) is 51.9 Å². The molecule has 4 heteroatoms. The van der Waals surface area contributed by atoms with Crippen LogP contribution in [0.15, 0.2) is 0 Å². The van der Waals surface area contributed by atoms with Gasteiger partial charge in [-0.2, -0.15) is 0 Å². The van der Waals surface area contributed by atoms with Gasteiger partial charge in [-0.25, -0.2) is 0 Å². The van der Waals surface area contributed by atoms with E-state index in [0.717, 1.165) is 30.9 Å². The van der Waals surface area contributed by atoms with Gasteiger partial charge in [-0.1, -0.05) is 6.92 Å². The Bertz CT molecular complexity index is 201. The van der Waals surface area contributed by atoms with Gasteiger partial charge in [-0.3, -0.25) is 4.21 Å². The van der Waals surface area contributed by atoms with E-state index < -0.39 is 10.8 Å². The van der Waals surface area contributed by atoms with E-state index in [-0.39, 0.29) is 0 Å². The van der Waals surface area contributed by atoms with Gasteiger partial charge < -0.3 is 10.1 Å². The van der Waals surface area contributed by atoms with Crippen molar-refractivity contribution in [3.05, 3.63) is 0 Å². The molecule has 1 saturated heterocycles. The summed E-state index contributed by atoms with van der Waals surface area (Å²) in [5.41, 5.74) is 0. The summed E-state index contributed by atoms with van der Waals surface area (Å²) in [5.74, 6) is 1.54. The second-order valence-corrected chi connectivity index (χ2v) is 6.18. The third-order valence-electron chi connectivity index (χ3n) is 2.78. The molecule has 90 valence electrons. The van der Waals surface area contributed by atoms with Crippen molar-refractivity contribution in [1.82, 2.24) is 5.32 Å². The molecule has 3 atom stereocenters. The van der Waals surface area contributed by atoms with Crippen LogP contribution in [-0.2, 0) is 15.5 Å². The lowest BCUT2D eigenvalue weighted by Gasteiger charge is -2.32. The third-order valence-corrected chi connectivity index (χ3v) is 4.09. The monoisotopic (exact) mass is 233 g/mol. The first kappa shape index (κ1) is 13.1. The fourth-order valence-electron chi connectivity index (χ4n) is 2.09. The lowest BCUT2D eigenvalue weighted by molar-refractivity contribution is -0.0417. The zero-order chi connectivity index (χ0) is 11.3. The topological polar surface area (TPSA) is 38.3 Å². The maximum atomic E-state index is 11.2. The third kappa shape index (κ3) is 5.09. The maximum absolute atomic E-state index is 11.2. The molecule has 1 N–H and O–H groups in total. The van der Waals surface area contributed by atoms with Crippen molar-refractivity contribution in [2.24, 2.45) is 0 Å². The molecule has 0 radical (unpaired) electrons. The van der Waals surface area contributed by atoms with Crippen LogP contribution < -0.4 is 5.32 Å². The fraction of sp³-hybridized carbons (Fsp3) is 1.00. The summed E-state index contributed by atoms with van der Waals surface area (Å²) in [6, 6.07) is 0.539. The van der Waals surface area contributed by atoms with E-state index in [0.29, 0.717) is 18.2 Å². The van der Waals surface area contributed by atoms with Crippen LogP contribution in [0.25, 0.3) is 0 Å². The fourth-order valence-corrected chi connectivity index (χ4v) is 2.73. The van der Waals surface area contributed by atoms with Crippen molar-refractivity contribution in [2.75, 3.05) is 18.1 Å². The molecule has 1 fully saturated rings. The number of hydrogen-bond acceptors (Lipinski definition) is 3. The second kappa shape index (κ2) is 6.61. The van der Waals surface area contributed by atoms with E-state index in [1.165, 1.54) is 0 Å². The summed E-state index contributed by atoms with van der Waals surface area (Å²) in [6.45, 7) is 7.07. The molecule has 0 aromatic heterocycles. The highest BCUT2D eigenvalue weighted by Crippen LogP contribution is 2.18. The minimum absolute atomic E-state index is 0.350. The highest BCUT2D eigenvalue weighted by molar-refractivity contribution is 7.84. The molecule has 0 aliphatic carbocycles. The zero-order valence-electron chi connectivity index (χ0n) is 9.99. The first-order valence-corrected chi connectivity index (χ1v) is 7.34. The van der Waals surface area contributed by atoms with Gasteiger partial charge in [0.25, 0.3) is 0 Å².